The van der Waals surface area contributed by atoms with Crippen molar-refractivity contribution in [1.82, 2.24) is 14.9 Å². The Morgan fingerprint density at radius 1 is 1.19 bits per heavy atom. The zero-order valence-electron chi connectivity index (χ0n) is 19.0. The van der Waals surface area contributed by atoms with Crippen LogP contribution in [0.2, 0.25) is 0 Å². The molecule has 0 amide bonds. The van der Waals surface area contributed by atoms with E-state index in [9.17, 15) is 9.18 Å². The number of aryl methyl sites for hydroxylation is 1. The van der Waals surface area contributed by atoms with Crippen molar-refractivity contribution in [2.45, 2.75) is 64.7 Å². The van der Waals surface area contributed by atoms with Gasteiger partial charge in [-0.25, -0.2) is 14.4 Å². The molecule has 5 nitrogen and oxygen atoms in total. The van der Waals surface area contributed by atoms with Gasteiger partial charge in [-0.05, 0) is 56.6 Å². The first-order chi connectivity index (χ1) is 15.6. The van der Waals surface area contributed by atoms with E-state index in [-0.39, 0.29) is 0 Å². The van der Waals surface area contributed by atoms with Crippen molar-refractivity contribution < 1.29 is 13.9 Å². The number of carbonyl (C=O) groups excluding carboxylic acids is 1. The summed E-state index contributed by atoms with van der Waals surface area (Å²) in [5.74, 6) is 2.10. The molecule has 32 heavy (non-hydrogen) atoms. The van der Waals surface area contributed by atoms with Crippen LogP contribution in [0.25, 0.3) is 0 Å². The fourth-order valence-corrected chi connectivity index (χ4v) is 5.96. The number of ketones is 1. The van der Waals surface area contributed by atoms with Gasteiger partial charge in [0.2, 0.25) is 12.7 Å². The first kappa shape index (κ1) is 23.3. The molecule has 0 bridgehead atoms. The summed E-state index contributed by atoms with van der Waals surface area (Å²) in [6.45, 7) is 4.33. The predicted octanol–water partition coefficient (Wildman–Crippen LogP) is 4.95. The number of pyridine rings is 1. The molecule has 0 spiro atoms. The SMILES string of the molecule is Cc1ncc(CC(=O)CC2CCC(CCN3CCc4ccc(OCF)nc4CC3)CC2)s1. The molecule has 0 radical (unpaired) electrons. The zero-order valence-corrected chi connectivity index (χ0v) is 19.8. The van der Waals surface area contributed by atoms with E-state index in [1.54, 1.807) is 17.4 Å². The average Bonchev–Trinajstić information content (AvgIpc) is 3.08. The van der Waals surface area contributed by atoms with Crippen molar-refractivity contribution in [3.63, 3.8) is 0 Å². The molecular formula is C25H34FN3O2S. The molecule has 2 aromatic rings. The summed E-state index contributed by atoms with van der Waals surface area (Å²) in [6.07, 6.45) is 11.1. The van der Waals surface area contributed by atoms with Gasteiger partial charge in [-0.1, -0.05) is 18.9 Å². The van der Waals surface area contributed by atoms with E-state index in [4.69, 9.17) is 4.74 Å². The van der Waals surface area contributed by atoms with E-state index >= 15 is 0 Å². The van der Waals surface area contributed by atoms with Crippen LogP contribution >= 0.6 is 11.3 Å². The Morgan fingerprint density at radius 2 is 1.97 bits per heavy atom. The maximum atomic E-state index is 12.4. The molecule has 3 heterocycles. The Morgan fingerprint density at radius 3 is 2.72 bits per heavy atom. The second-order valence-corrected chi connectivity index (χ2v) is 10.6. The molecule has 4 rings (SSSR count). The first-order valence-corrected chi connectivity index (χ1v) is 12.7. The largest absolute Gasteiger partial charge is 0.446 e. The van der Waals surface area contributed by atoms with Gasteiger partial charge in [0.1, 0.15) is 5.78 Å². The molecule has 1 fully saturated rings. The summed E-state index contributed by atoms with van der Waals surface area (Å²) in [7, 11) is 0. The van der Waals surface area contributed by atoms with Gasteiger partial charge in [0.15, 0.2) is 0 Å². The van der Waals surface area contributed by atoms with Gasteiger partial charge in [0, 0.05) is 55.2 Å². The number of hydrogen-bond acceptors (Lipinski definition) is 6. The van der Waals surface area contributed by atoms with Crippen LogP contribution in [0.15, 0.2) is 18.3 Å². The van der Waals surface area contributed by atoms with Crippen molar-refractivity contribution in [2.24, 2.45) is 11.8 Å². The van der Waals surface area contributed by atoms with Crippen LogP contribution in [0.4, 0.5) is 4.39 Å². The number of ether oxygens (including phenoxy) is 1. The van der Waals surface area contributed by atoms with Gasteiger partial charge in [-0.3, -0.25) is 4.79 Å². The quantitative estimate of drug-likeness (QED) is 0.531. The maximum absolute atomic E-state index is 12.4. The average molecular weight is 460 g/mol. The number of thiazole rings is 1. The molecule has 0 aromatic carbocycles. The number of nitrogens with zero attached hydrogens (tertiary/aromatic N) is 3. The Labute approximate surface area is 194 Å². The standard InChI is InChI=1S/C25H34FN3O2S/c1-18-27-16-23(32-18)15-22(30)14-20-4-2-19(3-5-20)8-11-29-12-9-21-6-7-25(31-17-26)28-24(21)10-13-29/h6-7,16,19-20H,2-5,8-15,17H2,1H3. The molecular weight excluding hydrogens is 425 g/mol. The van der Waals surface area contributed by atoms with Crippen LogP contribution in [0.3, 0.4) is 0 Å². The second kappa shape index (κ2) is 11.3. The number of alkyl halides is 1. The number of halogens is 1. The maximum Gasteiger partial charge on any atom is 0.230 e. The lowest BCUT2D eigenvalue weighted by atomic mass is 9.78. The second-order valence-electron chi connectivity index (χ2n) is 9.29. The molecule has 1 saturated carbocycles. The smallest absolute Gasteiger partial charge is 0.230 e. The molecule has 174 valence electrons. The van der Waals surface area contributed by atoms with Crippen molar-refractivity contribution in [1.29, 1.82) is 0 Å². The summed E-state index contributed by atoms with van der Waals surface area (Å²) >= 11 is 1.64. The highest BCUT2D eigenvalue weighted by Gasteiger charge is 2.24. The van der Waals surface area contributed by atoms with Gasteiger partial charge >= 0.3 is 0 Å². The Hall–Kier alpha value is -1.86. The van der Waals surface area contributed by atoms with Gasteiger partial charge in [-0.2, -0.15) is 0 Å². The number of rotatable bonds is 9. The fraction of sp³-hybridized carbons (Fsp3) is 0.640. The van der Waals surface area contributed by atoms with E-state index in [0.717, 1.165) is 60.4 Å². The Kier molecular flexibility index (Phi) is 8.25. The van der Waals surface area contributed by atoms with Crippen LogP contribution < -0.4 is 4.74 Å². The molecule has 0 saturated heterocycles. The van der Waals surface area contributed by atoms with Gasteiger partial charge in [0.25, 0.3) is 0 Å². The minimum absolute atomic E-state index is 0.370. The molecule has 2 aromatic heterocycles. The van der Waals surface area contributed by atoms with Crippen molar-refractivity contribution >= 4 is 17.1 Å². The summed E-state index contributed by atoms with van der Waals surface area (Å²) in [6, 6.07) is 3.81. The minimum Gasteiger partial charge on any atom is -0.446 e. The third-order valence-corrected chi connectivity index (χ3v) is 7.90. The molecule has 7 heteroatoms. The molecule has 1 aliphatic heterocycles. The lowest BCUT2D eigenvalue weighted by molar-refractivity contribution is -0.119. The van der Waals surface area contributed by atoms with Crippen LogP contribution in [-0.4, -0.2) is 47.1 Å². The number of carbonyl (C=O) groups is 1. The topological polar surface area (TPSA) is 55.3 Å². The van der Waals surface area contributed by atoms with E-state index < -0.39 is 6.86 Å². The minimum atomic E-state index is -0.833. The third kappa shape index (κ3) is 6.58. The van der Waals surface area contributed by atoms with E-state index in [1.807, 2.05) is 19.2 Å². The lowest BCUT2D eigenvalue weighted by Gasteiger charge is -2.30. The van der Waals surface area contributed by atoms with Crippen LogP contribution in [0.1, 0.15) is 59.7 Å². The highest BCUT2D eigenvalue weighted by Crippen LogP contribution is 2.33. The first-order valence-electron chi connectivity index (χ1n) is 11.9. The lowest BCUT2D eigenvalue weighted by Crippen LogP contribution is -2.29. The van der Waals surface area contributed by atoms with Gasteiger partial charge in [0.05, 0.1) is 5.01 Å². The Balaban J connectivity index is 1.15. The van der Waals surface area contributed by atoms with Crippen LogP contribution in [0, 0.1) is 18.8 Å². The summed E-state index contributed by atoms with van der Waals surface area (Å²) < 4.78 is 17.3. The molecule has 2 aliphatic rings. The third-order valence-electron chi connectivity index (χ3n) is 6.98. The summed E-state index contributed by atoms with van der Waals surface area (Å²) in [4.78, 5) is 24.8. The van der Waals surface area contributed by atoms with Crippen LogP contribution in [0.5, 0.6) is 5.88 Å². The van der Waals surface area contributed by atoms with Gasteiger partial charge < -0.3 is 9.64 Å². The highest BCUT2D eigenvalue weighted by atomic mass is 32.1. The fourth-order valence-electron chi connectivity index (χ4n) is 5.13. The molecule has 0 unspecified atom stereocenters. The summed E-state index contributed by atoms with van der Waals surface area (Å²) in [5.41, 5.74) is 2.31. The van der Waals surface area contributed by atoms with E-state index in [2.05, 4.69) is 14.9 Å². The van der Waals surface area contributed by atoms with Crippen molar-refractivity contribution in [3.05, 3.63) is 39.5 Å². The highest BCUT2D eigenvalue weighted by molar-refractivity contribution is 7.11. The Bertz CT molecular complexity index is 895. The number of Topliss-reactive ketones (excluding diaryl/α,β-unsaturated/α-hetero) is 1. The monoisotopic (exact) mass is 459 g/mol. The number of aromatic nitrogens is 2. The zero-order chi connectivity index (χ0) is 22.3. The van der Waals surface area contributed by atoms with E-state index in [1.165, 1.54) is 37.7 Å². The van der Waals surface area contributed by atoms with E-state index in [0.29, 0.717) is 24.0 Å². The van der Waals surface area contributed by atoms with Crippen LogP contribution in [-0.2, 0) is 24.1 Å². The van der Waals surface area contributed by atoms with Crippen molar-refractivity contribution in [2.75, 3.05) is 26.5 Å². The normalized spacial score (nSPS) is 21.7. The predicted molar refractivity (Wildman–Crippen MR) is 125 cm³/mol. The molecule has 1 aliphatic carbocycles. The van der Waals surface area contributed by atoms with Crippen molar-refractivity contribution in [3.8, 4) is 5.88 Å². The molecule has 0 atom stereocenters. The summed E-state index contributed by atoms with van der Waals surface area (Å²) in [5, 5.41) is 1.04. The number of fused-ring (bicyclic) bond motifs is 1. The number of hydrogen-bond donors (Lipinski definition) is 0. The van der Waals surface area contributed by atoms with Gasteiger partial charge in [-0.15, -0.1) is 11.3 Å². The molecule has 0 N–H and O–H groups in total.